The zero-order valence-electron chi connectivity index (χ0n) is 18.6. The Morgan fingerprint density at radius 1 is 1.03 bits per heavy atom. The van der Waals surface area contributed by atoms with Gasteiger partial charge in [-0.05, 0) is 48.6 Å². The summed E-state index contributed by atoms with van der Waals surface area (Å²) < 4.78 is 10.9. The number of piperazine rings is 1. The molecule has 7 heteroatoms. The number of ether oxygens (including phenoxy) is 2. The summed E-state index contributed by atoms with van der Waals surface area (Å²) in [7, 11) is 0. The molecule has 5 rings (SSSR count). The van der Waals surface area contributed by atoms with Crippen LogP contribution in [0.3, 0.4) is 0 Å². The molecule has 2 saturated heterocycles. The standard InChI is InChI=1S/C25H32N4O3/c30-25(8-6-20-3-1-9-26-16-20)29-10-2-4-22(18-29)28-13-11-27(12-14-28)17-21-5-7-23-24(15-21)32-19-31-23/h1,3,5,7,9,15-16,22H,2,4,6,8,10-14,17-19H2/t22-/m0/s1. The van der Waals surface area contributed by atoms with Gasteiger partial charge in [-0.3, -0.25) is 19.6 Å². The fourth-order valence-corrected chi connectivity index (χ4v) is 5.02. The highest BCUT2D eigenvalue weighted by Crippen LogP contribution is 2.33. The summed E-state index contributed by atoms with van der Waals surface area (Å²) in [4.78, 5) is 24.1. The maximum Gasteiger partial charge on any atom is 0.231 e. The fourth-order valence-electron chi connectivity index (χ4n) is 5.02. The molecule has 32 heavy (non-hydrogen) atoms. The van der Waals surface area contributed by atoms with E-state index in [2.05, 4.69) is 31.8 Å². The van der Waals surface area contributed by atoms with E-state index in [4.69, 9.17) is 9.47 Å². The van der Waals surface area contributed by atoms with Crippen molar-refractivity contribution < 1.29 is 14.3 Å². The van der Waals surface area contributed by atoms with Crippen molar-refractivity contribution in [1.29, 1.82) is 0 Å². The van der Waals surface area contributed by atoms with Crippen molar-refractivity contribution in [3.8, 4) is 11.5 Å². The minimum absolute atomic E-state index is 0.278. The fraction of sp³-hybridized carbons (Fsp3) is 0.520. The molecule has 2 aromatic rings. The highest BCUT2D eigenvalue weighted by Gasteiger charge is 2.30. The SMILES string of the molecule is O=C(CCc1cccnc1)N1CCC[C@H](N2CCN(Cc3ccc4c(c3)OCO4)CC2)C1. The molecule has 1 atom stereocenters. The lowest BCUT2D eigenvalue weighted by Gasteiger charge is -2.43. The second-order valence-electron chi connectivity index (χ2n) is 9.00. The van der Waals surface area contributed by atoms with Crippen molar-refractivity contribution >= 4 is 5.91 Å². The second kappa shape index (κ2) is 9.88. The quantitative estimate of drug-likeness (QED) is 0.694. The second-order valence-corrected chi connectivity index (χ2v) is 9.00. The minimum Gasteiger partial charge on any atom is -0.454 e. The number of rotatable bonds is 6. The summed E-state index contributed by atoms with van der Waals surface area (Å²) in [5.41, 5.74) is 2.40. The molecular formula is C25H32N4O3. The first-order chi connectivity index (χ1) is 15.7. The van der Waals surface area contributed by atoms with Gasteiger partial charge >= 0.3 is 0 Å². The molecule has 170 valence electrons. The van der Waals surface area contributed by atoms with E-state index in [1.54, 1.807) is 6.20 Å². The summed E-state index contributed by atoms with van der Waals surface area (Å²) in [6.07, 6.45) is 7.26. The van der Waals surface area contributed by atoms with Crippen molar-refractivity contribution in [2.24, 2.45) is 0 Å². The average Bonchev–Trinajstić information content (AvgIpc) is 3.32. The number of fused-ring (bicyclic) bond motifs is 1. The van der Waals surface area contributed by atoms with E-state index in [1.807, 2.05) is 24.4 Å². The third kappa shape index (κ3) is 5.05. The van der Waals surface area contributed by atoms with Crippen LogP contribution in [-0.4, -0.2) is 77.7 Å². The Morgan fingerprint density at radius 3 is 2.75 bits per heavy atom. The molecule has 1 aromatic carbocycles. The highest BCUT2D eigenvalue weighted by atomic mass is 16.7. The Kier molecular flexibility index (Phi) is 6.55. The molecule has 0 saturated carbocycles. The molecule has 0 bridgehead atoms. The molecule has 3 aliphatic rings. The molecular weight excluding hydrogens is 404 g/mol. The van der Waals surface area contributed by atoms with Crippen LogP contribution < -0.4 is 9.47 Å². The van der Waals surface area contributed by atoms with Crippen LogP contribution in [0.25, 0.3) is 0 Å². The van der Waals surface area contributed by atoms with Gasteiger partial charge in [-0.15, -0.1) is 0 Å². The van der Waals surface area contributed by atoms with Crippen LogP contribution in [0.5, 0.6) is 11.5 Å². The van der Waals surface area contributed by atoms with Crippen LogP contribution >= 0.6 is 0 Å². The molecule has 1 aromatic heterocycles. The van der Waals surface area contributed by atoms with Crippen LogP contribution in [0.2, 0.25) is 0 Å². The van der Waals surface area contributed by atoms with Crippen molar-refractivity contribution in [2.75, 3.05) is 46.1 Å². The summed E-state index contributed by atoms with van der Waals surface area (Å²) in [5, 5.41) is 0. The third-order valence-corrected chi connectivity index (χ3v) is 6.87. The van der Waals surface area contributed by atoms with Gasteiger partial charge in [0.1, 0.15) is 0 Å². The lowest BCUT2D eigenvalue weighted by atomic mass is 10.0. The Labute approximate surface area is 189 Å². The van der Waals surface area contributed by atoms with E-state index in [1.165, 1.54) is 12.0 Å². The lowest BCUT2D eigenvalue weighted by Crippen LogP contribution is -2.55. The van der Waals surface area contributed by atoms with Gasteiger partial charge in [-0.2, -0.15) is 0 Å². The van der Waals surface area contributed by atoms with Crippen molar-refractivity contribution in [3.63, 3.8) is 0 Å². The van der Waals surface area contributed by atoms with Crippen LogP contribution in [-0.2, 0) is 17.8 Å². The van der Waals surface area contributed by atoms with Crippen LogP contribution in [0.1, 0.15) is 30.4 Å². The largest absolute Gasteiger partial charge is 0.454 e. The van der Waals surface area contributed by atoms with E-state index in [0.29, 0.717) is 19.3 Å². The molecule has 0 unspecified atom stereocenters. The summed E-state index contributed by atoms with van der Waals surface area (Å²) in [6.45, 7) is 7.26. The zero-order valence-corrected chi connectivity index (χ0v) is 18.6. The maximum atomic E-state index is 12.8. The van der Waals surface area contributed by atoms with Crippen LogP contribution in [0.15, 0.2) is 42.7 Å². The van der Waals surface area contributed by atoms with Gasteiger partial charge in [-0.25, -0.2) is 0 Å². The molecule has 3 aliphatic heterocycles. The summed E-state index contributed by atoms with van der Waals surface area (Å²) in [5.74, 6) is 1.98. The number of hydrogen-bond donors (Lipinski definition) is 0. The van der Waals surface area contributed by atoms with Gasteiger partial charge in [0.15, 0.2) is 11.5 Å². The van der Waals surface area contributed by atoms with Crippen molar-refractivity contribution in [3.05, 3.63) is 53.9 Å². The first-order valence-corrected chi connectivity index (χ1v) is 11.8. The third-order valence-electron chi connectivity index (χ3n) is 6.87. The number of benzene rings is 1. The Balaban J connectivity index is 1.08. The number of carbonyl (C=O) groups is 1. The Morgan fingerprint density at radius 2 is 1.91 bits per heavy atom. The summed E-state index contributed by atoms with van der Waals surface area (Å²) in [6, 6.07) is 10.7. The van der Waals surface area contributed by atoms with Gasteiger partial charge < -0.3 is 14.4 Å². The lowest BCUT2D eigenvalue weighted by molar-refractivity contribution is -0.133. The van der Waals surface area contributed by atoms with E-state index in [0.717, 1.165) is 75.7 Å². The maximum absolute atomic E-state index is 12.8. The number of aryl methyl sites for hydroxylation is 1. The first-order valence-electron chi connectivity index (χ1n) is 11.8. The summed E-state index contributed by atoms with van der Waals surface area (Å²) >= 11 is 0. The number of hydrogen-bond acceptors (Lipinski definition) is 6. The molecule has 0 spiro atoms. The topological polar surface area (TPSA) is 58.1 Å². The highest BCUT2D eigenvalue weighted by molar-refractivity contribution is 5.76. The number of likely N-dealkylation sites (tertiary alicyclic amines) is 1. The van der Waals surface area contributed by atoms with Gasteiger partial charge in [0.25, 0.3) is 0 Å². The van der Waals surface area contributed by atoms with Gasteiger partial charge in [0.2, 0.25) is 12.7 Å². The minimum atomic E-state index is 0.278. The Hall–Kier alpha value is -2.64. The van der Waals surface area contributed by atoms with Crippen LogP contribution in [0.4, 0.5) is 0 Å². The molecule has 0 radical (unpaired) electrons. The number of amides is 1. The molecule has 4 heterocycles. The first kappa shape index (κ1) is 21.2. The van der Waals surface area contributed by atoms with Crippen molar-refractivity contribution in [2.45, 2.75) is 38.3 Å². The normalized spacial score (nSPS) is 21.6. The van der Waals surface area contributed by atoms with Gasteiger partial charge in [-0.1, -0.05) is 12.1 Å². The molecule has 7 nitrogen and oxygen atoms in total. The van der Waals surface area contributed by atoms with E-state index < -0.39 is 0 Å². The number of nitrogens with zero attached hydrogens (tertiary/aromatic N) is 4. The smallest absolute Gasteiger partial charge is 0.231 e. The van der Waals surface area contributed by atoms with Crippen molar-refractivity contribution in [1.82, 2.24) is 19.7 Å². The molecule has 1 amide bonds. The monoisotopic (exact) mass is 436 g/mol. The van der Waals surface area contributed by atoms with E-state index in [9.17, 15) is 4.79 Å². The van der Waals surface area contributed by atoms with Gasteiger partial charge in [0.05, 0.1) is 0 Å². The molecule has 0 N–H and O–H groups in total. The molecule has 2 fully saturated rings. The van der Waals surface area contributed by atoms with E-state index >= 15 is 0 Å². The zero-order chi connectivity index (χ0) is 21.8. The average molecular weight is 437 g/mol. The number of carbonyl (C=O) groups excluding carboxylic acids is 1. The molecule has 0 aliphatic carbocycles. The number of pyridine rings is 1. The Bertz CT molecular complexity index is 915. The number of aromatic nitrogens is 1. The predicted octanol–water partition coefficient (Wildman–Crippen LogP) is 2.55. The number of piperidine rings is 1. The van der Waals surface area contributed by atoms with E-state index in [-0.39, 0.29) is 5.91 Å². The van der Waals surface area contributed by atoms with Gasteiger partial charge in [0, 0.05) is 70.7 Å². The predicted molar refractivity (Wildman–Crippen MR) is 122 cm³/mol. The van der Waals surface area contributed by atoms with Crippen LogP contribution in [0, 0.1) is 0 Å².